The highest BCUT2D eigenvalue weighted by atomic mass is 16.4. The second kappa shape index (κ2) is 5.91. The van der Waals surface area contributed by atoms with E-state index < -0.39 is 5.97 Å². The van der Waals surface area contributed by atoms with Gasteiger partial charge in [0.25, 0.3) is 0 Å². The largest absolute Gasteiger partial charge is 0.481 e. The number of aldehydes is 1. The van der Waals surface area contributed by atoms with Crippen molar-refractivity contribution in [2.24, 2.45) is 0 Å². The Morgan fingerprint density at radius 1 is 1.29 bits per heavy atom. The van der Waals surface area contributed by atoms with Crippen LogP contribution in [0.25, 0.3) is 10.9 Å². The Hall–Kier alpha value is -2.43. The van der Waals surface area contributed by atoms with Crippen LogP contribution in [0.4, 0.5) is 0 Å². The van der Waals surface area contributed by atoms with Gasteiger partial charge in [-0.1, -0.05) is 19.9 Å². The van der Waals surface area contributed by atoms with E-state index in [1.807, 2.05) is 12.1 Å². The van der Waals surface area contributed by atoms with Gasteiger partial charge in [-0.05, 0) is 23.6 Å². The molecule has 0 amide bonds. The van der Waals surface area contributed by atoms with Crippen LogP contribution < -0.4 is 0 Å². The molecule has 1 N–H and O–H groups in total. The summed E-state index contributed by atoms with van der Waals surface area (Å²) in [5.41, 5.74) is 2.16. The van der Waals surface area contributed by atoms with E-state index in [2.05, 4.69) is 13.8 Å². The van der Waals surface area contributed by atoms with Crippen molar-refractivity contribution in [3.05, 3.63) is 35.5 Å². The molecule has 0 saturated heterocycles. The molecule has 0 unspecified atom stereocenters. The molecule has 0 fully saturated rings. The standard InChI is InChI=1S/C16H17NO4/c1-10(2)11-3-4-14-13(7-11)12(9-18)8-17(14)15(19)5-6-16(20)21/h3-4,7-10H,5-6H2,1-2H3,(H,20,21). The Bertz CT molecular complexity index is 712. The van der Waals surface area contributed by atoms with Gasteiger partial charge in [0.05, 0.1) is 11.9 Å². The molecule has 0 radical (unpaired) electrons. The van der Waals surface area contributed by atoms with Crippen LogP contribution in [-0.2, 0) is 4.79 Å². The summed E-state index contributed by atoms with van der Waals surface area (Å²) in [5, 5.41) is 9.38. The van der Waals surface area contributed by atoms with Crippen LogP contribution in [0.5, 0.6) is 0 Å². The topological polar surface area (TPSA) is 76.4 Å². The van der Waals surface area contributed by atoms with Gasteiger partial charge in [-0.3, -0.25) is 19.0 Å². The summed E-state index contributed by atoms with van der Waals surface area (Å²) in [5.74, 6) is -1.02. The Kier molecular flexibility index (Phi) is 4.21. The van der Waals surface area contributed by atoms with E-state index in [9.17, 15) is 14.4 Å². The quantitative estimate of drug-likeness (QED) is 0.857. The maximum Gasteiger partial charge on any atom is 0.303 e. The Balaban J connectivity index is 2.48. The number of hydrogen-bond donors (Lipinski definition) is 1. The van der Waals surface area contributed by atoms with E-state index in [0.717, 1.165) is 10.9 Å². The first-order chi connectivity index (χ1) is 9.93. The van der Waals surface area contributed by atoms with Gasteiger partial charge in [0.1, 0.15) is 0 Å². The molecule has 0 saturated carbocycles. The van der Waals surface area contributed by atoms with Gasteiger partial charge in [0.15, 0.2) is 6.29 Å². The van der Waals surface area contributed by atoms with Crippen LogP contribution in [0.15, 0.2) is 24.4 Å². The summed E-state index contributed by atoms with van der Waals surface area (Å²) in [7, 11) is 0. The molecule has 0 aliphatic rings. The Morgan fingerprint density at radius 2 is 2.00 bits per heavy atom. The summed E-state index contributed by atoms with van der Waals surface area (Å²) in [6.07, 6.45) is 1.88. The number of aromatic nitrogens is 1. The maximum absolute atomic E-state index is 12.1. The molecule has 1 aromatic heterocycles. The number of carbonyl (C=O) groups excluding carboxylic acids is 2. The molecular weight excluding hydrogens is 270 g/mol. The van der Waals surface area contributed by atoms with Crippen molar-refractivity contribution in [3.63, 3.8) is 0 Å². The second-order valence-electron chi connectivity index (χ2n) is 5.29. The van der Waals surface area contributed by atoms with E-state index in [1.54, 1.807) is 6.07 Å². The molecule has 0 bridgehead atoms. The smallest absolute Gasteiger partial charge is 0.303 e. The molecule has 21 heavy (non-hydrogen) atoms. The normalized spacial score (nSPS) is 11.0. The van der Waals surface area contributed by atoms with Crippen molar-refractivity contribution < 1.29 is 19.5 Å². The van der Waals surface area contributed by atoms with E-state index >= 15 is 0 Å². The number of benzene rings is 1. The van der Waals surface area contributed by atoms with Crippen molar-refractivity contribution in [2.75, 3.05) is 0 Å². The highest BCUT2D eigenvalue weighted by Gasteiger charge is 2.15. The number of carboxylic acid groups (broad SMARTS) is 1. The monoisotopic (exact) mass is 287 g/mol. The highest BCUT2D eigenvalue weighted by Crippen LogP contribution is 2.25. The van der Waals surface area contributed by atoms with Crippen LogP contribution >= 0.6 is 0 Å². The average Bonchev–Trinajstić information content (AvgIpc) is 2.82. The van der Waals surface area contributed by atoms with Crippen molar-refractivity contribution >= 4 is 29.1 Å². The van der Waals surface area contributed by atoms with E-state index in [0.29, 0.717) is 23.3 Å². The fourth-order valence-electron chi connectivity index (χ4n) is 2.27. The minimum absolute atomic E-state index is 0.0939. The lowest BCUT2D eigenvalue weighted by molar-refractivity contribution is -0.137. The van der Waals surface area contributed by atoms with Crippen LogP contribution in [-0.4, -0.2) is 27.8 Å². The van der Waals surface area contributed by atoms with Crippen LogP contribution in [0.1, 0.15) is 53.3 Å². The van der Waals surface area contributed by atoms with Crippen molar-refractivity contribution in [1.82, 2.24) is 4.57 Å². The zero-order chi connectivity index (χ0) is 15.6. The maximum atomic E-state index is 12.1. The van der Waals surface area contributed by atoms with Gasteiger partial charge in [0, 0.05) is 23.6 Å². The number of aliphatic carboxylic acids is 1. The summed E-state index contributed by atoms with van der Waals surface area (Å²) in [6.45, 7) is 4.10. The molecule has 0 aliphatic heterocycles. The first-order valence-corrected chi connectivity index (χ1v) is 6.79. The molecule has 0 atom stereocenters. The molecule has 110 valence electrons. The molecule has 1 heterocycles. The van der Waals surface area contributed by atoms with Crippen LogP contribution in [0, 0.1) is 0 Å². The number of rotatable bonds is 5. The number of nitrogens with zero attached hydrogens (tertiary/aromatic N) is 1. The molecule has 0 aliphatic carbocycles. The molecule has 5 nitrogen and oxygen atoms in total. The lowest BCUT2D eigenvalue weighted by atomic mass is 10.0. The number of hydrogen-bond acceptors (Lipinski definition) is 3. The third-order valence-electron chi connectivity index (χ3n) is 3.47. The van der Waals surface area contributed by atoms with Gasteiger partial charge in [-0.15, -0.1) is 0 Å². The van der Waals surface area contributed by atoms with Gasteiger partial charge < -0.3 is 5.11 Å². The van der Waals surface area contributed by atoms with E-state index in [-0.39, 0.29) is 18.7 Å². The fourth-order valence-corrected chi connectivity index (χ4v) is 2.27. The Labute approximate surface area is 122 Å². The summed E-state index contributed by atoms with van der Waals surface area (Å²) < 4.78 is 1.37. The molecule has 2 aromatic rings. The van der Waals surface area contributed by atoms with Crippen molar-refractivity contribution in [3.8, 4) is 0 Å². The first-order valence-electron chi connectivity index (χ1n) is 6.79. The summed E-state index contributed by atoms with van der Waals surface area (Å²) >= 11 is 0. The predicted octanol–water partition coefficient (Wildman–Crippen LogP) is 3.08. The van der Waals surface area contributed by atoms with Crippen LogP contribution in [0.2, 0.25) is 0 Å². The third-order valence-corrected chi connectivity index (χ3v) is 3.47. The minimum Gasteiger partial charge on any atom is -0.481 e. The van der Waals surface area contributed by atoms with Gasteiger partial charge in [0.2, 0.25) is 5.91 Å². The zero-order valence-electron chi connectivity index (χ0n) is 12.0. The van der Waals surface area contributed by atoms with Crippen molar-refractivity contribution in [2.45, 2.75) is 32.6 Å². The van der Waals surface area contributed by atoms with Gasteiger partial charge in [-0.25, -0.2) is 0 Å². The SMILES string of the molecule is CC(C)c1ccc2c(c1)c(C=O)cn2C(=O)CCC(=O)O. The number of fused-ring (bicyclic) bond motifs is 1. The minimum atomic E-state index is -1.02. The second-order valence-corrected chi connectivity index (χ2v) is 5.29. The number of carbonyl (C=O) groups is 3. The molecule has 1 aromatic carbocycles. The van der Waals surface area contributed by atoms with Crippen LogP contribution in [0.3, 0.4) is 0 Å². The zero-order valence-corrected chi connectivity index (χ0v) is 12.0. The summed E-state index contributed by atoms with van der Waals surface area (Å²) in [4.78, 5) is 33.8. The fraction of sp³-hybridized carbons (Fsp3) is 0.312. The molecule has 5 heteroatoms. The Morgan fingerprint density at radius 3 is 2.57 bits per heavy atom. The molecule has 2 rings (SSSR count). The molecular formula is C16H17NO4. The average molecular weight is 287 g/mol. The highest BCUT2D eigenvalue weighted by molar-refractivity contribution is 6.03. The predicted molar refractivity (Wildman–Crippen MR) is 78.9 cm³/mol. The summed E-state index contributed by atoms with van der Waals surface area (Å²) in [6, 6.07) is 5.63. The van der Waals surface area contributed by atoms with Gasteiger partial charge in [-0.2, -0.15) is 0 Å². The molecule has 0 spiro atoms. The van der Waals surface area contributed by atoms with E-state index in [1.165, 1.54) is 10.8 Å². The van der Waals surface area contributed by atoms with E-state index in [4.69, 9.17) is 5.11 Å². The first kappa shape index (κ1) is 15.0. The van der Waals surface area contributed by atoms with Crippen molar-refractivity contribution in [1.29, 1.82) is 0 Å². The number of carboxylic acids is 1. The lowest BCUT2D eigenvalue weighted by Crippen LogP contribution is -2.11. The van der Waals surface area contributed by atoms with Gasteiger partial charge >= 0.3 is 5.97 Å². The third kappa shape index (κ3) is 3.02. The lowest BCUT2D eigenvalue weighted by Gasteiger charge is -2.07.